The van der Waals surface area contributed by atoms with Crippen LogP contribution in [0.1, 0.15) is 24.4 Å². The Balaban J connectivity index is 1.37. The normalized spacial score (nSPS) is 13.8. The van der Waals surface area contributed by atoms with E-state index >= 15 is 0 Å². The number of nitrogens with zero attached hydrogens (tertiary/aromatic N) is 5. The Morgan fingerprint density at radius 1 is 1.00 bits per heavy atom. The number of benzene rings is 2. The Morgan fingerprint density at radius 2 is 1.82 bits per heavy atom. The molecule has 7 heteroatoms. The third-order valence-electron chi connectivity index (χ3n) is 4.76. The molecule has 28 heavy (non-hydrogen) atoms. The van der Waals surface area contributed by atoms with Crippen molar-refractivity contribution >= 4 is 11.8 Å². The van der Waals surface area contributed by atoms with Crippen molar-refractivity contribution in [1.29, 1.82) is 0 Å². The quantitative estimate of drug-likeness (QED) is 0.439. The van der Waals surface area contributed by atoms with Gasteiger partial charge in [0, 0.05) is 24.2 Å². The smallest absolute Gasteiger partial charge is 0.192 e. The van der Waals surface area contributed by atoms with E-state index in [0.29, 0.717) is 17.4 Å². The molecule has 2 aromatic carbocycles. The van der Waals surface area contributed by atoms with Crippen molar-refractivity contribution < 1.29 is 4.39 Å². The van der Waals surface area contributed by atoms with Crippen LogP contribution in [0.15, 0.2) is 72.1 Å². The van der Waals surface area contributed by atoms with Crippen LogP contribution in [-0.2, 0) is 5.75 Å². The van der Waals surface area contributed by atoms with E-state index in [1.54, 1.807) is 30.1 Å². The standard InChI is InChI=1S/C21H18FN5S/c22-19-5-2-1-4-18(19)20-24-25-21(27(20)17-10-11-17)28-14-15-6-8-16(9-7-15)26-13-3-12-23-26/h1-9,12-13,17H,10-11,14H2. The lowest BCUT2D eigenvalue weighted by Crippen LogP contribution is -2.01. The van der Waals surface area contributed by atoms with E-state index in [1.807, 2.05) is 23.0 Å². The Morgan fingerprint density at radius 3 is 2.54 bits per heavy atom. The molecule has 0 N–H and O–H groups in total. The first kappa shape index (κ1) is 17.2. The molecule has 4 aromatic rings. The molecule has 1 aliphatic carbocycles. The summed E-state index contributed by atoms with van der Waals surface area (Å²) in [7, 11) is 0. The second-order valence-corrected chi connectivity index (χ2v) is 7.74. The van der Waals surface area contributed by atoms with Crippen LogP contribution in [0.3, 0.4) is 0 Å². The Kier molecular flexibility index (Phi) is 4.44. The molecule has 0 bridgehead atoms. The van der Waals surface area contributed by atoms with Crippen LogP contribution in [0.4, 0.5) is 4.39 Å². The van der Waals surface area contributed by atoms with E-state index in [-0.39, 0.29) is 5.82 Å². The maximum absolute atomic E-state index is 14.3. The number of hydrogen-bond donors (Lipinski definition) is 0. The molecule has 0 radical (unpaired) electrons. The number of thioether (sulfide) groups is 1. The van der Waals surface area contributed by atoms with E-state index in [1.165, 1.54) is 11.6 Å². The minimum atomic E-state index is -0.262. The molecule has 0 aliphatic heterocycles. The van der Waals surface area contributed by atoms with Gasteiger partial charge in [0.05, 0.1) is 11.3 Å². The summed E-state index contributed by atoms with van der Waals surface area (Å²) in [6.07, 6.45) is 5.87. The SMILES string of the molecule is Fc1ccccc1-c1nnc(SCc2ccc(-n3cccn3)cc2)n1C1CC1. The van der Waals surface area contributed by atoms with Crippen LogP contribution in [0.2, 0.25) is 0 Å². The zero-order chi connectivity index (χ0) is 18.9. The van der Waals surface area contributed by atoms with Gasteiger partial charge in [-0.05, 0) is 48.7 Å². The zero-order valence-corrected chi connectivity index (χ0v) is 15.9. The van der Waals surface area contributed by atoms with Gasteiger partial charge in [-0.1, -0.05) is 36.0 Å². The maximum Gasteiger partial charge on any atom is 0.192 e. The lowest BCUT2D eigenvalue weighted by Gasteiger charge is -2.09. The molecule has 0 unspecified atom stereocenters. The fourth-order valence-corrected chi connectivity index (χ4v) is 4.14. The Hall–Kier alpha value is -2.93. The van der Waals surface area contributed by atoms with Crippen molar-refractivity contribution in [3.63, 3.8) is 0 Å². The highest BCUT2D eigenvalue weighted by atomic mass is 32.2. The predicted octanol–water partition coefficient (Wildman–Crippen LogP) is 4.90. The van der Waals surface area contributed by atoms with E-state index in [4.69, 9.17) is 0 Å². The minimum Gasteiger partial charge on any atom is -0.299 e. The summed E-state index contributed by atoms with van der Waals surface area (Å²) >= 11 is 1.64. The average Bonchev–Trinajstić information content (AvgIpc) is 3.25. The van der Waals surface area contributed by atoms with Crippen LogP contribution in [0, 0.1) is 5.82 Å². The topological polar surface area (TPSA) is 48.5 Å². The van der Waals surface area contributed by atoms with E-state index in [2.05, 4.69) is 44.1 Å². The number of aromatic nitrogens is 5. The summed E-state index contributed by atoms with van der Waals surface area (Å²) < 4.78 is 18.2. The largest absolute Gasteiger partial charge is 0.299 e. The number of rotatable bonds is 6. The van der Waals surface area contributed by atoms with E-state index in [0.717, 1.165) is 29.4 Å². The third kappa shape index (κ3) is 3.33. The summed E-state index contributed by atoms with van der Waals surface area (Å²) in [6, 6.07) is 17.3. The maximum atomic E-state index is 14.3. The first-order chi connectivity index (χ1) is 13.8. The molecule has 2 heterocycles. The first-order valence-electron chi connectivity index (χ1n) is 9.21. The molecule has 5 rings (SSSR count). The fourth-order valence-electron chi connectivity index (χ4n) is 3.18. The highest BCUT2D eigenvalue weighted by Gasteiger charge is 2.30. The van der Waals surface area contributed by atoms with Gasteiger partial charge in [0.25, 0.3) is 0 Å². The summed E-state index contributed by atoms with van der Waals surface area (Å²) in [4.78, 5) is 0. The molecule has 0 amide bonds. The summed E-state index contributed by atoms with van der Waals surface area (Å²) in [6.45, 7) is 0. The fraction of sp³-hybridized carbons (Fsp3) is 0.190. The molecule has 2 aromatic heterocycles. The second kappa shape index (κ2) is 7.24. The van der Waals surface area contributed by atoms with Crippen LogP contribution >= 0.6 is 11.8 Å². The lowest BCUT2D eigenvalue weighted by atomic mass is 10.2. The summed E-state index contributed by atoms with van der Waals surface area (Å²) in [5.41, 5.74) is 2.73. The minimum absolute atomic E-state index is 0.262. The molecule has 1 fully saturated rings. The van der Waals surface area contributed by atoms with E-state index in [9.17, 15) is 4.39 Å². The van der Waals surface area contributed by atoms with Crippen molar-refractivity contribution in [2.45, 2.75) is 29.8 Å². The molecule has 140 valence electrons. The van der Waals surface area contributed by atoms with Crippen molar-refractivity contribution in [2.75, 3.05) is 0 Å². The monoisotopic (exact) mass is 391 g/mol. The van der Waals surface area contributed by atoms with Gasteiger partial charge >= 0.3 is 0 Å². The van der Waals surface area contributed by atoms with Gasteiger partial charge in [0.15, 0.2) is 11.0 Å². The molecule has 1 saturated carbocycles. The summed E-state index contributed by atoms with van der Waals surface area (Å²) in [5.74, 6) is 1.14. The van der Waals surface area contributed by atoms with Crippen molar-refractivity contribution in [1.82, 2.24) is 24.5 Å². The molecule has 0 atom stereocenters. The summed E-state index contributed by atoms with van der Waals surface area (Å²) in [5, 5.41) is 13.8. The average molecular weight is 391 g/mol. The molecule has 5 nitrogen and oxygen atoms in total. The Bertz CT molecular complexity index is 1080. The van der Waals surface area contributed by atoms with Gasteiger partial charge in [-0.25, -0.2) is 9.07 Å². The number of hydrogen-bond acceptors (Lipinski definition) is 4. The highest BCUT2D eigenvalue weighted by molar-refractivity contribution is 7.98. The van der Waals surface area contributed by atoms with Gasteiger partial charge in [-0.3, -0.25) is 4.57 Å². The third-order valence-corrected chi connectivity index (χ3v) is 5.78. The lowest BCUT2D eigenvalue weighted by molar-refractivity contribution is 0.622. The van der Waals surface area contributed by atoms with Crippen LogP contribution in [-0.4, -0.2) is 24.5 Å². The predicted molar refractivity (Wildman–Crippen MR) is 107 cm³/mol. The molecule has 0 saturated heterocycles. The highest BCUT2D eigenvalue weighted by Crippen LogP contribution is 2.41. The van der Waals surface area contributed by atoms with Gasteiger partial charge in [-0.2, -0.15) is 5.10 Å². The molecular weight excluding hydrogens is 373 g/mol. The molecular formula is C21H18FN5S. The zero-order valence-electron chi connectivity index (χ0n) is 15.1. The molecule has 1 aliphatic rings. The van der Waals surface area contributed by atoms with Crippen molar-refractivity contribution in [3.8, 4) is 17.1 Å². The van der Waals surface area contributed by atoms with Crippen LogP contribution in [0.5, 0.6) is 0 Å². The van der Waals surface area contributed by atoms with Gasteiger partial charge in [0.2, 0.25) is 0 Å². The first-order valence-corrected chi connectivity index (χ1v) is 10.2. The Labute approximate surface area is 166 Å². The van der Waals surface area contributed by atoms with Gasteiger partial charge in [-0.15, -0.1) is 10.2 Å². The van der Waals surface area contributed by atoms with Crippen LogP contribution < -0.4 is 0 Å². The molecule has 0 spiro atoms. The number of halogens is 1. The van der Waals surface area contributed by atoms with Gasteiger partial charge in [0.1, 0.15) is 5.82 Å². The van der Waals surface area contributed by atoms with Crippen LogP contribution in [0.25, 0.3) is 17.1 Å². The van der Waals surface area contributed by atoms with E-state index < -0.39 is 0 Å². The van der Waals surface area contributed by atoms with Gasteiger partial charge < -0.3 is 0 Å². The van der Waals surface area contributed by atoms with Crippen molar-refractivity contribution in [3.05, 3.63) is 78.4 Å². The van der Waals surface area contributed by atoms with Crippen molar-refractivity contribution in [2.24, 2.45) is 0 Å². The second-order valence-electron chi connectivity index (χ2n) is 6.79.